The molecule has 0 aliphatic carbocycles. The Balaban J connectivity index is 1.50. The highest BCUT2D eigenvalue weighted by molar-refractivity contribution is 5.61. The van der Waals surface area contributed by atoms with E-state index in [-0.39, 0.29) is 6.10 Å². The van der Waals surface area contributed by atoms with E-state index in [1.165, 1.54) is 0 Å². The third kappa shape index (κ3) is 3.09. The van der Waals surface area contributed by atoms with Gasteiger partial charge in [0.2, 0.25) is 5.82 Å². The number of aromatic nitrogens is 2. The minimum Gasteiger partial charge on any atom is -0.489 e. The van der Waals surface area contributed by atoms with Crippen molar-refractivity contribution in [1.82, 2.24) is 15.5 Å². The van der Waals surface area contributed by atoms with E-state index in [0.717, 1.165) is 36.4 Å². The summed E-state index contributed by atoms with van der Waals surface area (Å²) in [5.74, 6) is 1.88. The molecule has 122 valence electrons. The lowest BCUT2D eigenvalue weighted by Crippen LogP contribution is -2.19. The molecule has 1 atom stereocenters. The molecule has 1 aliphatic rings. The predicted octanol–water partition coefficient (Wildman–Crippen LogP) is 2.73. The average molecular weight is 322 g/mol. The number of rotatable bonds is 4. The first-order valence-corrected chi connectivity index (χ1v) is 7.95. The molecule has 2 aromatic carbocycles. The van der Waals surface area contributed by atoms with Gasteiger partial charge in [-0.2, -0.15) is 4.98 Å². The smallest absolute Gasteiger partial charge is 0.258 e. The molecule has 1 fully saturated rings. The summed E-state index contributed by atoms with van der Waals surface area (Å²) in [5, 5.41) is 7.34. The lowest BCUT2D eigenvalue weighted by molar-refractivity contribution is 0.223. The number of nitrogens with zero attached hydrogens (tertiary/aromatic N) is 2. The van der Waals surface area contributed by atoms with Gasteiger partial charge in [-0.05, 0) is 61.5 Å². The van der Waals surface area contributed by atoms with Crippen molar-refractivity contribution in [2.24, 2.45) is 0 Å². The molecule has 0 unspecified atom stereocenters. The number of benzene rings is 2. The Morgan fingerprint density at radius 1 is 1.04 bits per heavy atom. The van der Waals surface area contributed by atoms with Gasteiger partial charge in [-0.15, -0.1) is 0 Å². The van der Waals surface area contributed by atoms with Crippen LogP contribution in [0.4, 0.5) is 5.69 Å². The fourth-order valence-electron chi connectivity index (χ4n) is 2.69. The van der Waals surface area contributed by atoms with Crippen LogP contribution >= 0.6 is 0 Å². The summed E-state index contributed by atoms with van der Waals surface area (Å²) in [6.45, 7) is 1.91. The molecule has 1 aliphatic heterocycles. The van der Waals surface area contributed by atoms with E-state index in [9.17, 15) is 0 Å². The Kier molecular flexibility index (Phi) is 3.88. The van der Waals surface area contributed by atoms with Crippen LogP contribution in [0.25, 0.3) is 22.8 Å². The molecule has 0 saturated carbocycles. The zero-order valence-corrected chi connectivity index (χ0v) is 13.1. The van der Waals surface area contributed by atoms with Gasteiger partial charge in [-0.1, -0.05) is 5.16 Å². The number of nitrogens with two attached hydrogens (primary N) is 1. The van der Waals surface area contributed by atoms with E-state index in [2.05, 4.69) is 15.5 Å². The Morgan fingerprint density at radius 3 is 2.50 bits per heavy atom. The normalized spacial score (nSPS) is 17.1. The number of anilines is 1. The highest BCUT2D eigenvalue weighted by atomic mass is 16.5. The zero-order valence-electron chi connectivity index (χ0n) is 13.1. The van der Waals surface area contributed by atoms with Gasteiger partial charge in [0.1, 0.15) is 11.9 Å². The first kappa shape index (κ1) is 14.7. The second-order valence-electron chi connectivity index (χ2n) is 5.80. The summed E-state index contributed by atoms with van der Waals surface area (Å²) < 4.78 is 11.3. The van der Waals surface area contributed by atoms with Crippen molar-refractivity contribution in [2.75, 3.05) is 18.8 Å². The quantitative estimate of drug-likeness (QED) is 0.718. The number of ether oxygens (including phenoxy) is 1. The number of nitrogen functional groups attached to an aromatic ring is 1. The number of nitrogens with one attached hydrogen (secondary N) is 1. The number of hydrogen-bond acceptors (Lipinski definition) is 6. The van der Waals surface area contributed by atoms with Crippen LogP contribution in [-0.4, -0.2) is 29.3 Å². The predicted molar refractivity (Wildman–Crippen MR) is 91.5 cm³/mol. The van der Waals surface area contributed by atoms with E-state index in [1.807, 2.05) is 48.5 Å². The monoisotopic (exact) mass is 322 g/mol. The Morgan fingerprint density at radius 2 is 1.79 bits per heavy atom. The van der Waals surface area contributed by atoms with E-state index in [0.29, 0.717) is 17.4 Å². The van der Waals surface area contributed by atoms with E-state index < -0.39 is 0 Å². The maximum atomic E-state index is 5.91. The van der Waals surface area contributed by atoms with Crippen LogP contribution in [0.3, 0.4) is 0 Å². The Hall–Kier alpha value is -2.86. The Bertz CT molecular complexity index is 806. The molecule has 6 nitrogen and oxygen atoms in total. The maximum Gasteiger partial charge on any atom is 0.258 e. The second-order valence-corrected chi connectivity index (χ2v) is 5.80. The largest absolute Gasteiger partial charge is 0.489 e. The fourth-order valence-corrected chi connectivity index (χ4v) is 2.69. The van der Waals surface area contributed by atoms with Crippen molar-refractivity contribution in [3.63, 3.8) is 0 Å². The summed E-state index contributed by atoms with van der Waals surface area (Å²) in [6.07, 6.45) is 1.29. The molecule has 2 heterocycles. The molecule has 0 bridgehead atoms. The van der Waals surface area contributed by atoms with E-state index in [1.54, 1.807) is 0 Å². The molecule has 6 heteroatoms. The van der Waals surface area contributed by atoms with Crippen molar-refractivity contribution >= 4 is 5.69 Å². The van der Waals surface area contributed by atoms with Gasteiger partial charge in [-0.3, -0.25) is 0 Å². The standard InChI is InChI=1S/C18H18N4O2/c19-14-5-1-13(2-6-14)18-21-17(22-24-18)12-3-7-15(8-4-12)23-16-9-10-20-11-16/h1-8,16,20H,9-11,19H2/t16-/m1/s1. The van der Waals surface area contributed by atoms with Gasteiger partial charge in [0.25, 0.3) is 5.89 Å². The molecule has 0 radical (unpaired) electrons. The molecule has 4 rings (SSSR count). The van der Waals surface area contributed by atoms with Crippen molar-refractivity contribution < 1.29 is 9.26 Å². The van der Waals surface area contributed by atoms with Crippen LogP contribution in [0, 0.1) is 0 Å². The highest BCUT2D eigenvalue weighted by Crippen LogP contribution is 2.25. The molecular formula is C18H18N4O2. The van der Waals surface area contributed by atoms with Gasteiger partial charge in [0.15, 0.2) is 0 Å². The molecule has 24 heavy (non-hydrogen) atoms. The molecule has 1 saturated heterocycles. The van der Waals surface area contributed by atoms with E-state index in [4.69, 9.17) is 15.0 Å². The van der Waals surface area contributed by atoms with Crippen LogP contribution < -0.4 is 15.8 Å². The fraction of sp³-hybridized carbons (Fsp3) is 0.222. The molecule has 0 spiro atoms. The van der Waals surface area contributed by atoms with Gasteiger partial charge in [0.05, 0.1) is 0 Å². The SMILES string of the molecule is Nc1ccc(-c2nc(-c3ccc(O[C@@H]4CCNC4)cc3)no2)cc1. The minimum absolute atomic E-state index is 0.248. The third-order valence-electron chi connectivity index (χ3n) is 4.01. The van der Waals surface area contributed by atoms with Crippen LogP contribution in [-0.2, 0) is 0 Å². The van der Waals surface area contributed by atoms with Crippen molar-refractivity contribution in [3.8, 4) is 28.6 Å². The van der Waals surface area contributed by atoms with Crippen LogP contribution in [0.15, 0.2) is 53.1 Å². The van der Waals surface area contributed by atoms with Crippen molar-refractivity contribution in [3.05, 3.63) is 48.5 Å². The minimum atomic E-state index is 0.248. The van der Waals surface area contributed by atoms with Gasteiger partial charge in [-0.25, -0.2) is 0 Å². The van der Waals surface area contributed by atoms with E-state index >= 15 is 0 Å². The Labute approximate surface area is 139 Å². The third-order valence-corrected chi connectivity index (χ3v) is 4.01. The topological polar surface area (TPSA) is 86.2 Å². The summed E-state index contributed by atoms with van der Waals surface area (Å²) in [4.78, 5) is 4.44. The van der Waals surface area contributed by atoms with Gasteiger partial charge >= 0.3 is 0 Å². The second kappa shape index (κ2) is 6.33. The molecule has 3 N–H and O–H groups in total. The van der Waals surface area contributed by atoms with Crippen LogP contribution in [0.5, 0.6) is 5.75 Å². The summed E-state index contributed by atoms with van der Waals surface area (Å²) >= 11 is 0. The van der Waals surface area contributed by atoms with Crippen LogP contribution in [0.2, 0.25) is 0 Å². The summed E-state index contributed by atoms with van der Waals surface area (Å²) in [7, 11) is 0. The van der Waals surface area contributed by atoms with Crippen molar-refractivity contribution in [2.45, 2.75) is 12.5 Å². The van der Waals surface area contributed by atoms with Gasteiger partial charge in [0, 0.05) is 23.4 Å². The number of hydrogen-bond donors (Lipinski definition) is 2. The maximum absolute atomic E-state index is 5.91. The average Bonchev–Trinajstić information content (AvgIpc) is 3.28. The summed E-state index contributed by atoms with van der Waals surface area (Å²) in [5.41, 5.74) is 8.12. The molecule has 1 aromatic heterocycles. The van der Waals surface area contributed by atoms with Gasteiger partial charge < -0.3 is 20.3 Å². The molecule has 0 amide bonds. The first-order chi connectivity index (χ1) is 11.8. The highest BCUT2D eigenvalue weighted by Gasteiger charge is 2.16. The zero-order chi connectivity index (χ0) is 16.4. The lowest BCUT2D eigenvalue weighted by atomic mass is 10.2. The first-order valence-electron chi connectivity index (χ1n) is 7.95. The lowest BCUT2D eigenvalue weighted by Gasteiger charge is -2.12. The molecule has 3 aromatic rings. The summed E-state index contributed by atoms with van der Waals surface area (Å²) in [6, 6.07) is 15.1. The molecular weight excluding hydrogens is 304 g/mol. The van der Waals surface area contributed by atoms with Crippen LogP contribution in [0.1, 0.15) is 6.42 Å². The van der Waals surface area contributed by atoms with Crippen molar-refractivity contribution in [1.29, 1.82) is 0 Å².